The van der Waals surface area contributed by atoms with Gasteiger partial charge < -0.3 is 9.15 Å². The molecule has 7 nitrogen and oxygen atoms in total. The van der Waals surface area contributed by atoms with Crippen LogP contribution < -0.4 is 0 Å². The molecule has 4 rings (SSSR count). The summed E-state index contributed by atoms with van der Waals surface area (Å²) in [7, 11) is -3.73. The van der Waals surface area contributed by atoms with Gasteiger partial charge in [-0.3, -0.25) is 4.79 Å². The minimum absolute atomic E-state index is 0.104. The molecule has 0 saturated carbocycles. The quantitative estimate of drug-likeness (QED) is 0.637. The van der Waals surface area contributed by atoms with Gasteiger partial charge in [0.15, 0.2) is 21.7 Å². The maximum atomic E-state index is 12.5. The van der Waals surface area contributed by atoms with E-state index in [2.05, 4.69) is 10.2 Å². The minimum atomic E-state index is -3.73. The van der Waals surface area contributed by atoms with Crippen molar-refractivity contribution in [1.82, 2.24) is 10.2 Å². The van der Waals surface area contributed by atoms with Crippen molar-refractivity contribution >= 4 is 15.8 Å². The largest absolute Gasteiger partial charge is 0.455 e. The second kappa shape index (κ2) is 6.62. The van der Waals surface area contributed by atoms with Crippen molar-refractivity contribution in [2.24, 2.45) is 0 Å². The molecule has 0 bridgehead atoms. The van der Waals surface area contributed by atoms with E-state index >= 15 is 0 Å². The monoisotopic (exact) mass is 384 g/mol. The molecule has 1 atom stereocenters. The number of nitrogens with zero attached hydrogens (tertiary/aromatic N) is 2. The molecule has 1 aliphatic rings. The Morgan fingerprint density at radius 3 is 2.63 bits per heavy atom. The van der Waals surface area contributed by atoms with Crippen LogP contribution in [0.5, 0.6) is 0 Å². The standard InChI is InChI=1S/C19H16N2O5S/c1-12-6-8-13(9-7-12)18-21-20-17(26-18)11-25-19(22)16-10-14-4-2-3-5-15(14)27(16,23)24/h2-9,16H,10-11H2,1H3. The lowest BCUT2D eigenvalue weighted by Gasteiger charge is -2.08. The van der Waals surface area contributed by atoms with Gasteiger partial charge in [0.2, 0.25) is 5.89 Å². The van der Waals surface area contributed by atoms with Crippen molar-refractivity contribution in [3.63, 3.8) is 0 Å². The first kappa shape index (κ1) is 17.4. The Hall–Kier alpha value is -3.00. The maximum absolute atomic E-state index is 12.5. The van der Waals surface area contributed by atoms with Crippen LogP contribution in [0.4, 0.5) is 0 Å². The van der Waals surface area contributed by atoms with Crippen molar-refractivity contribution in [3.05, 3.63) is 65.5 Å². The first-order valence-electron chi connectivity index (χ1n) is 8.33. The molecule has 1 aromatic heterocycles. The van der Waals surface area contributed by atoms with Crippen LogP contribution in [0.1, 0.15) is 17.0 Å². The van der Waals surface area contributed by atoms with Crippen LogP contribution in [0, 0.1) is 6.92 Å². The van der Waals surface area contributed by atoms with Crippen molar-refractivity contribution in [3.8, 4) is 11.5 Å². The van der Waals surface area contributed by atoms with Crippen LogP contribution >= 0.6 is 0 Å². The Labute approximate surface area is 155 Å². The van der Waals surface area contributed by atoms with Crippen LogP contribution in [-0.2, 0) is 32.4 Å². The molecule has 3 aromatic rings. The number of rotatable bonds is 4. The van der Waals surface area contributed by atoms with Gasteiger partial charge in [-0.1, -0.05) is 35.9 Å². The minimum Gasteiger partial charge on any atom is -0.455 e. The zero-order chi connectivity index (χ0) is 19.0. The second-order valence-corrected chi connectivity index (χ2v) is 8.42. The van der Waals surface area contributed by atoms with Gasteiger partial charge in [-0.25, -0.2) is 8.42 Å². The molecule has 0 spiro atoms. The number of ether oxygens (including phenoxy) is 1. The first-order chi connectivity index (χ1) is 12.9. The van der Waals surface area contributed by atoms with Gasteiger partial charge in [-0.05, 0) is 30.7 Å². The molecule has 8 heteroatoms. The van der Waals surface area contributed by atoms with Gasteiger partial charge in [0, 0.05) is 12.0 Å². The van der Waals surface area contributed by atoms with Crippen LogP contribution in [-0.4, -0.2) is 29.8 Å². The summed E-state index contributed by atoms with van der Waals surface area (Å²) < 4.78 is 35.6. The zero-order valence-electron chi connectivity index (χ0n) is 14.5. The highest BCUT2D eigenvalue weighted by molar-refractivity contribution is 7.93. The molecular formula is C19H16N2O5S. The second-order valence-electron chi connectivity index (χ2n) is 6.32. The number of carbonyl (C=O) groups is 1. The van der Waals surface area contributed by atoms with Crippen molar-refractivity contribution in [2.75, 3.05) is 0 Å². The SMILES string of the molecule is Cc1ccc(-c2nnc(COC(=O)C3Cc4ccccc4S3(=O)=O)o2)cc1. The highest BCUT2D eigenvalue weighted by Crippen LogP contribution is 2.31. The number of hydrogen-bond donors (Lipinski definition) is 0. The van der Waals surface area contributed by atoms with E-state index in [9.17, 15) is 13.2 Å². The zero-order valence-corrected chi connectivity index (χ0v) is 15.3. The molecular weight excluding hydrogens is 368 g/mol. The van der Waals surface area contributed by atoms with E-state index in [1.54, 1.807) is 18.2 Å². The lowest BCUT2D eigenvalue weighted by molar-refractivity contribution is -0.145. The lowest BCUT2D eigenvalue weighted by Crippen LogP contribution is -2.29. The lowest BCUT2D eigenvalue weighted by atomic mass is 10.1. The normalized spacial score (nSPS) is 17.4. The smallest absolute Gasteiger partial charge is 0.325 e. The van der Waals surface area contributed by atoms with E-state index in [0.29, 0.717) is 11.5 Å². The Balaban J connectivity index is 1.44. The fourth-order valence-corrected chi connectivity index (χ4v) is 4.79. The third kappa shape index (κ3) is 3.23. The van der Waals surface area contributed by atoms with Crippen molar-refractivity contribution in [2.45, 2.75) is 30.1 Å². The first-order valence-corrected chi connectivity index (χ1v) is 9.87. The summed E-state index contributed by atoms with van der Waals surface area (Å²) in [4.78, 5) is 12.5. The van der Waals surface area contributed by atoms with E-state index in [1.807, 2.05) is 31.2 Å². The van der Waals surface area contributed by atoms with Gasteiger partial charge in [0.05, 0.1) is 4.90 Å². The molecule has 0 aliphatic carbocycles. The average Bonchev–Trinajstić information content (AvgIpc) is 3.23. The Bertz CT molecular complexity index is 1100. The molecule has 0 saturated heterocycles. The van der Waals surface area contributed by atoms with Gasteiger partial charge in [0.1, 0.15) is 0 Å². The summed E-state index contributed by atoms with van der Waals surface area (Å²) in [5, 5.41) is 6.53. The number of esters is 1. The van der Waals surface area contributed by atoms with Gasteiger partial charge in [-0.15, -0.1) is 10.2 Å². The highest BCUT2D eigenvalue weighted by Gasteiger charge is 2.42. The molecule has 2 aromatic carbocycles. The van der Waals surface area contributed by atoms with E-state index < -0.39 is 21.1 Å². The molecule has 0 radical (unpaired) electrons. The number of hydrogen-bond acceptors (Lipinski definition) is 7. The maximum Gasteiger partial charge on any atom is 0.325 e. The van der Waals surface area contributed by atoms with E-state index in [1.165, 1.54) is 6.07 Å². The number of fused-ring (bicyclic) bond motifs is 1. The fourth-order valence-electron chi connectivity index (χ4n) is 2.97. The molecule has 138 valence electrons. The van der Waals surface area contributed by atoms with Gasteiger partial charge >= 0.3 is 5.97 Å². The summed E-state index contributed by atoms with van der Waals surface area (Å²) in [6, 6.07) is 14.1. The Morgan fingerprint density at radius 2 is 1.89 bits per heavy atom. The molecule has 0 fully saturated rings. The Kier molecular flexibility index (Phi) is 4.27. The van der Waals surface area contributed by atoms with E-state index in [0.717, 1.165) is 11.1 Å². The molecule has 2 heterocycles. The number of benzene rings is 2. The summed E-state index contributed by atoms with van der Waals surface area (Å²) in [5.41, 5.74) is 2.48. The summed E-state index contributed by atoms with van der Waals surface area (Å²) >= 11 is 0. The highest BCUT2D eigenvalue weighted by atomic mass is 32.2. The average molecular weight is 384 g/mol. The van der Waals surface area contributed by atoms with E-state index in [4.69, 9.17) is 9.15 Å². The number of sulfone groups is 1. The van der Waals surface area contributed by atoms with Gasteiger partial charge in [-0.2, -0.15) is 0 Å². The third-order valence-corrected chi connectivity index (χ3v) is 6.54. The predicted octanol–water partition coefficient (Wildman–Crippen LogP) is 2.49. The molecule has 0 amide bonds. The van der Waals surface area contributed by atoms with E-state index in [-0.39, 0.29) is 23.8 Å². The van der Waals surface area contributed by atoms with Crippen LogP contribution in [0.3, 0.4) is 0 Å². The molecule has 1 aliphatic heterocycles. The van der Waals surface area contributed by atoms with Crippen LogP contribution in [0.25, 0.3) is 11.5 Å². The van der Waals surface area contributed by atoms with Gasteiger partial charge in [0.25, 0.3) is 5.89 Å². The van der Waals surface area contributed by atoms with Crippen LogP contribution in [0.2, 0.25) is 0 Å². The third-order valence-electron chi connectivity index (χ3n) is 4.43. The number of carbonyl (C=O) groups excluding carboxylic acids is 1. The summed E-state index contributed by atoms with van der Waals surface area (Å²) in [6.07, 6.45) is 0.107. The topological polar surface area (TPSA) is 99.4 Å². The summed E-state index contributed by atoms with van der Waals surface area (Å²) in [6.45, 7) is 1.69. The molecule has 27 heavy (non-hydrogen) atoms. The fraction of sp³-hybridized carbons (Fsp3) is 0.211. The molecule has 0 N–H and O–H groups in total. The van der Waals surface area contributed by atoms with Crippen LogP contribution in [0.15, 0.2) is 57.8 Å². The summed E-state index contributed by atoms with van der Waals surface area (Å²) in [5.74, 6) is -0.407. The van der Waals surface area contributed by atoms with Crippen molar-refractivity contribution < 1.29 is 22.4 Å². The number of aryl methyl sites for hydroxylation is 1. The van der Waals surface area contributed by atoms with Crippen molar-refractivity contribution in [1.29, 1.82) is 0 Å². The molecule has 1 unspecified atom stereocenters. The predicted molar refractivity (Wildman–Crippen MR) is 95.4 cm³/mol. The number of aromatic nitrogens is 2. The Morgan fingerprint density at radius 1 is 1.15 bits per heavy atom.